The van der Waals surface area contributed by atoms with E-state index in [1.54, 1.807) is 0 Å². The van der Waals surface area contributed by atoms with Crippen LogP contribution in [0, 0.1) is 0 Å². The van der Waals surface area contributed by atoms with Crippen LogP contribution in [0.5, 0.6) is 0 Å². The van der Waals surface area contributed by atoms with Gasteiger partial charge in [0.2, 0.25) is 5.91 Å². The summed E-state index contributed by atoms with van der Waals surface area (Å²) in [6.07, 6.45) is -4.49. The van der Waals surface area contributed by atoms with E-state index in [1.807, 2.05) is 30.3 Å². The second-order valence-corrected chi connectivity index (χ2v) is 6.33. The van der Waals surface area contributed by atoms with Crippen LogP contribution in [0.25, 0.3) is 0 Å². The lowest BCUT2D eigenvalue weighted by atomic mass is 10.0. The summed E-state index contributed by atoms with van der Waals surface area (Å²) >= 11 is 0. The van der Waals surface area contributed by atoms with Crippen LogP contribution in [0.15, 0.2) is 54.6 Å². The molecular weight excluding hydrogens is 353 g/mol. The van der Waals surface area contributed by atoms with E-state index in [0.29, 0.717) is 12.1 Å². The van der Waals surface area contributed by atoms with Gasteiger partial charge in [-0.05, 0) is 30.3 Å². The summed E-state index contributed by atoms with van der Waals surface area (Å²) in [6, 6.07) is 14.8. The number of alkyl halides is 3. The highest BCUT2D eigenvalue weighted by atomic mass is 19.4. The van der Waals surface area contributed by atoms with Crippen molar-refractivity contribution in [1.82, 2.24) is 10.2 Å². The Balaban J connectivity index is 2.04. The number of rotatable bonds is 8. The molecule has 0 bridgehead atoms. The van der Waals surface area contributed by atoms with Gasteiger partial charge < -0.3 is 5.32 Å². The summed E-state index contributed by atoms with van der Waals surface area (Å²) in [6.45, 7) is 6.19. The highest BCUT2D eigenvalue weighted by molar-refractivity contribution is 5.78. The molecule has 6 heteroatoms. The normalized spacial score (nSPS) is 12.8. The van der Waals surface area contributed by atoms with Gasteiger partial charge in [-0.3, -0.25) is 9.69 Å². The van der Waals surface area contributed by atoms with Gasteiger partial charge in [0.1, 0.15) is 0 Å². The number of halogens is 3. The van der Waals surface area contributed by atoms with Gasteiger partial charge in [-0.2, -0.15) is 13.2 Å². The zero-order chi connectivity index (χ0) is 19.9. The van der Waals surface area contributed by atoms with E-state index in [4.69, 9.17) is 0 Å². The Hall–Kier alpha value is -2.34. The molecule has 1 amide bonds. The molecule has 0 unspecified atom stereocenters. The second-order valence-electron chi connectivity index (χ2n) is 6.33. The molecule has 3 nitrogen and oxygen atoms in total. The first-order chi connectivity index (χ1) is 12.8. The summed E-state index contributed by atoms with van der Waals surface area (Å²) in [5.74, 6) is -0.289. The van der Waals surface area contributed by atoms with Crippen molar-refractivity contribution in [3.63, 3.8) is 0 Å². The molecule has 0 saturated carbocycles. The van der Waals surface area contributed by atoms with Crippen molar-refractivity contribution in [1.29, 1.82) is 0 Å². The first-order valence-electron chi connectivity index (χ1n) is 9.07. The number of likely N-dealkylation sites (N-methyl/N-ethyl adjacent to an activating group) is 1. The molecule has 2 aromatic rings. The molecule has 27 heavy (non-hydrogen) atoms. The van der Waals surface area contributed by atoms with Crippen LogP contribution in [0.4, 0.5) is 13.2 Å². The SMILES string of the molecule is CCN(CC)[C@H](CNC(=O)Cc1cccc(C(F)(F)F)c1)c1ccccc1. The van der Waals surface area contributed by atoms with Gasteiger partial charge in [-0.15, -0.1) is 0 Å². The van der Waals surface area contributed by atoms with E-state index in [-0.39, 0.29) is 18.4 Å². The van der Waals surface area contributed by atoms with E-state index in [9.17, 15) is 18.0 Å². The topological polar surface area (TPSA) is 32.3 Å². The fraction of sp³-hybridized carbons (Fsp3) is 0.381. The van der Waals surface area contributed by atoms with Crippen molar-refractivity contribution in [2.45, 2.75) is 32.5 Å². The third-order valence-corrected chi connectivity index (χ3v) is 4.55. The molecule has 0 aliphatic heterocycles. The maximum Gasteiger partial charge on any atom is 0.416 e. The molecule has 0 saturated heterocycles. The lowest BCUT2D eigenvalue weighted by Gasteiger charge is -2.30. The van der Waals surface area contributed by atoms with E-state index >= 15 is 0 Å². The number of carbonyl (C=O) groups is 1. The highest BCUT2D eigenvalue weighted by Gasteiger charge is 2.30. The van der Waals surface area contributed by atoms with Crippen LogP contribution in [0.2, 0.25) is 0 Å². The molecule has 0 spiro atoms. The van der Waals surface area contributed by atoms with Gasteiger partial charge >= 0.3 is 6.18 Å². The number of hydrogen-bond donors (Lipinski definition) is 1. The first kappa shape index (κ1) is 21.0. The summed E-state index contributed by atoms with van der Waals surface area (Å²) in [4.78, 5) is 14.5. The summed E-state index contributed by atoms with van der Waals surface area (Å²) in [5, 5.41) is 2.88. The predicted molar refractivity (Wildman–Crippen MR) is 100 cm³/mol. The monoisotopic (exact) mass is 378 g/mol. The van der Waals surface area contributed by atoms with Gasteiger partial charge in [0.05, 0.1) is 18.0 Å². The second kappa shape index (κ2) is 9.55. The molecule has 1 atom stereocenters. The van der Waals surface area contributed by atoms with Crippen molar-refractivity contribution < 1.29 is 18.0 Å². The van der Waals surface area contributed by atoms with E-state index in [0.717, 1.165) is 30.8 Å². The van der Waals surface area contributed by atoms with Crippen LogP contribution < -0.4 is 5.32 Å². The molecule has 1 N–H and O–H groups in total. The minimum atomic E-state index is -4.41. The van der Waals surface area contributed by atoms with Gasteiger partial charge in [0.15, 0.2) is 0 Å². The van der Waals surface area contributed by atoms with E-state index < -0.39 is 11.7 Å². The molecule has 146 valence electrons. The molecule has 2 rings (SSSR count). The Morgan fingerprint density at radius 3 is 2.30 bits per heavy atom. The van der Waals surface area contributed by atoms with Gasteiger partial charge in [0.25, 0.3) is 0 Å². The quantitative estimate of drug-likeness (QED) is 0.736. The van der Waals surface area contributed by atoms with Crippen LogP contribution in [-0.4, -0.2) is 30.4 Å². The van der Waals surface area contributed by atoms with Crippen LogP contribution >= 0.6 is 0 Å². The lowest BCUT2D eigenvalue weighted by Crippen LogP contribution is -2.38. The number of nitrogens with one attached hydrogen (secondary N) is 1. The standard InChI is InChI=1S/C21H25F3N2O/c1-3-26(4-2)19(17-10-6-5-7-11-17)15-25-20(27)14-16-9-8-12-18(13-16)21(22,23)24/h5-13,19H,3-4,14-15H2,1-2H3,(H,25,27)/t19-/m1/s1. The van der Waals surface area contributed by atoms with Crippen molar-refractivity contribution in [2.75, 3.05) is 19.6 Å². The number of carbonyl (C=O) groups excluding carboxylic acids is 1. The van der Waals surface area contributed by atoms with Gasteiger partial charge in [-0.1, -0.05) is 62.4 Å². The minimum absolute atomic E-state index is 0.0201. The number of benzene rings is 2. The summed E-state index contributed by atoms with van der Waals surface area (Å²) in [7, 11) is 0. The van der Waals surface area contributed by atoms with Crippen LogP contribution in [0.3, 0.4) is 0 Å². The average molecular weight is 378 g/mol. The Kier molecular flexibility index (Phi) is 7.42. The molecule has 0 heterocycles. The molecule has 0 aromatic heterocycles. The average Bonchev–Trinajstić information content (AvgIpc) is 2.65. The Morgan fingerprint density at radius 2 is 1.70 bits per heavy atom. The smallest absolute Gasteiger partial charge is 0.354 e. The highest BCUT2D eigenvalue weighted by Crippen LogP contribution is 2.29. The third kappa shape index (κ3) is 6.10. The van der Waals surface area contributed by atoms with Crippen molar-refractivity contribution in [2.24, 2.45) is 0 Å². The number of hydrogen-bond acceptors (Lipinski definition) is 2. The van der Waals surface area contributed by atoms with Crippen LogP contribution in [-0.2, 0) is 17.4 Å². The molecular formula is C21H25F3N2O. The van der Waals surface area contributed by atoms with Crippen molar-refractivity contribution in [3.8, 4) is 0 Å². The van der Waals surface area contributed by atoms with Crippen molar-refractivity contribution >= 4 is 5.91 Å². The predicted octanol–water partition coefficient (Wildman–Crippen LogP) is 4.45. The molecule has 0 aliphatic carbocycles. The van der Waals surface area contributed by atoms with E-state index in [2.05, 4.69) is 24.1 Å². The molecule has 0 aliphatic rings. The Labute approximate surface area is 158 Å². The van der Waals surface area contributed by atoms with E-state index in [1.165, 1.54) is 12.1 Å². The third-order valence-electron chi connectivity index (χ3n) is 4.55. The summed E-state index contributed by atoms with van der Waals surface area (Å²) < 4.78 is 38.4. The number of amides is 1. The molecule has 2 aromatic carbocycles. The lowest BCUT2D eigenvalue weighted by molar-refractivity contribution is -0.137. The Bertz CT molecular complexity index is 728. The minimum Gasteiger partial charge on any atom is -0.354 e. The van der Waals surface area contributed by atoms with Gasteiger partial charge in [0, 0.05) is 6.54 Å². The van der Waals surface area contributed by atoms with Crippen LogP contribution in [0.1, 0.15) is 36.6 Å². The molecule has 0 radical (unpaired) electrons. The Morgan fingerprint density at radius 1 is 1.04 bits per heavy atom. The largest absolute Gasteiger partial charge is 0.416 e. The summed E-state index contributed by atoms with van der Waals surface area (Å²) in [5.41, 5.74) is 0.708. The maximum absolute atomic E-state index is 12.8. The zero-order valence-electron chi connectivity index (χ0n) is 15.6. The fourth-order valence-electron chi connectivity index (χ4n) is 3.11. The first-order valence-corrected chi connectivity index (χ1v) is 9.07. The van der Waals surface area contributed by atoms with Gasteiger partial charge in [-0.25, -0.2) is 0 Å². The maximum atomic E-state index is 12.8. The zero-order valence-corrected chi connectivity index (χ0v) is 15.6. The number of nitrogens with zero attached hydrogens (tertiary/aromatic N) is 1. The fourth-order valence-corrected chi connectivity index (χ4v) is 3.11. The molecule has 0 fully saturated rings. The van der Waals surface area contributed by atoms with Crippen molar-refractivity contribution in [3.05, 3.63) is 71.3 Å².